The van der Waals surface area contributed by atoms with Crippen molar-refractivity contribution in [2.45, 2.75) is 19.5 Å². The molecule has 4 rings (SSSR count). The second kappa shape index (κ2) is 6.78. The summed E-state index contributed by atoms with van der Waals surface area (Å²) in [6.45, 7) is 2.79. The summed E-state index contributed by atoms with van der Waals surface area (Å²) in [6.07, 6.45) is 5.62. The minimum Gasteiger partial charge on any atom is -0.306 e. The molecular weight excluding hydrogens is 312 g/mol. The molecule has 0 saturated heterocycles. The molecule has 0 saturated carbocycles. The maximum atomic E-state index is 4.18. The van der Waals surface area contributed by atoms with E-state index in [1.54, 1.807) is 10.7 Å². The Bertz CT molecular complexity index is 965. The Morgan fingerprint density at radius 1 is 1.08 bits per heavy atom. The van der Waals surface area contributed by atoms with Gasteiger partial charge in [-0.15, -0.1) is 5.10 Å². The number of hydrogen-bond donors (Lipinski definition) is 1. The van der Waals surface area contributed by atoms with E-state index in [-0.39, 0.29) is 6.04 Å². The lowest BCUT2D eigenvalue weighted by Gasteiger charge is -2.14. The molecule has 0 radical (unpaired) electrons. The highest BCUT2D eigenvalue weighted by molar-refractivity contribution is 5.66. The molecule has 25 heavy (non-hydrogen) atoms. The van der Waals surface area contributed by atoms with Crippen LogP contribution >= 0.6 is 0 Å². The topological polar surface area (TPSA) is 68.0 Å². The Morgan fingerprint density at radius 2 is 1.96 bits per heavy atom. The van der Waals surface area contributed by atoms with Gasteiger partial charge in [-0.25, -0.2) is 0 Å². The fourth-order valence-electron chi connectivity index (χ4n) is 2.84. The zero-order valence-corrected chi connectivity index (χ0v) is 13.9. The molecule has 0 fully saturated rings. The van der Waals surface area contributed by atoms with Crippen molar-refractivity contribution < 1.29 is 0 Å². The molecule has 0 unspecified atom stereocenters. The van der Waals surface area contributed by atoms with Gasteiger partial charge in [-0.1, -0.05) is 36.4 Å². The highest BCUT2D eigenvalue weighted by Crippen LogP contribution is 2.22. The lowest BCUT2D eigenvalue weighted by molar-refractivity contribution is 0.573. The number of benzene rings is 1. The summed E-state index contributed by atoms with van der Waals surface area (Å²) in [5, 5.41) is 15.6. The first-order valence-electron chi connectivity index (χ1n) is 8.20. The second-order valence-electron chi connectivity index (χ2n) is 5.96. The third kappa shape index (κ3) is 3.25. The average molecular weight is 330 g/mol. The lowest BCUT2D eigenvalue weighted by atomic mass is 10.1. The zero-order chi connectivity index (χ0) is 17.1. The molecule has 0 amide bonds. The van der Waals surface area contributed by atoms with Gasteiger partial charge in [0.1, 0.15) is 0 Å². The molecule has 6 nitrogen and oxygen atoms in total. The van der Waals surface area contributed by atoms with Crippen LogP contribution in [0.1, 0.15) is 24.1 Å². The van der Waals surface area contributed by atoms with Crippen LogP contribution in [0.5, 0.6) is 0 Å². The van der Waals surface area contributed by atoms with Crippen LogP contribution in [0.25, 0.3) is 16.8 Å². The Hall–Kier alpha value is -3.12. The van der Waals surface area contributed by atoms with E-state index in [1.165, 1.54) is 0 Å². The molecule has 0 aliphatic rings. The van der Waals surface area contributed by atoms with Gasteiger partial charge in [0, 0.05) is 42.3 Å². The van der Waals surface area contributed by atoms with E-state index < -0.39 is 0 Å². The number of nitrogens with one attached hydrogen (secondary N) is 1. The van der Waals surface area contributed by atoms with Gasteiger partial charge in [-0.2, -0.15) is 4.52 Å². The Kier molecular flexibility index (Phi) is 4.18. The van der Waals surface area contributed by atoms with E-state index in [4.69, 9.17) is 0 Å². The van der Waals surface area contributed by atoms with Crippen molar-refractivity contribution in [3.05, 3.63) is 78.2 Å². The second-order valence-corrected chi connectivity index (χ2v) is 5.96. The molecular formula is C19H18N6. The minimum atomic E-state index is 0.185. The maximum Gasteiger partial charge on any atom is 0.183 e. The largest absolute Gasteiger partial charge is 0.306 e. The minimum absolute atomic E-state index is 0.185. The van der Waals surface area contributed by atoms with Crippen LogP contribution in [-0.4, -0.2) is 25.0 Å². The van der Waals surface area contributed by atoms with Crippen molar-refractivity contribution in [3.8, 4) is 11.1 Å². The number of pyridine rings is 2. The van der Waals surface area contributed by atoms with Gasteiger partial charge >= 0.3 is 0 Å². The molecule has 3 heterocycles. The van der Waals surface area contributed by atoms with Crippen molar-refractivity contribution in [3.63, 3.8) is 0 Å². The molecule has 1 aromatic carbocycles. The van der Waals surface area contributed by atoms with Crippen molar-refractivity contribution in [2.75, 3.05) is 0 Å². The fraction of sp³-hybridized carbons (Fsp3) is 0.158. The predicted molar refractivity (Wildman–Crippen MR) is 95.7 cm³/mol. The van der Waals surface area contributed by atoms with Gasteiger partial charge < -0.3 is 5.32 Å². The molecule has 4 aromatic rings. The number of hydrogen-bond acceptors (Lipinski definition) is 5. The van der Waals surface area contributed by atoms with Crippen molar-refractivity contribution in [1.82, 2.24) is 30.3 Å². The van der Waals surface area contributed by atoms with Gasteiger partial charge in [0.25, 0.3) is 0 Å². The van der Waals surface area contributed by atoms with Crippen LogP contribution in [0, 0.1) is 0 Å². The SMILES string of the molecule is C[C@H](NCc1cc(-c2ccccc2)cn2nnnc12)c1cccnc1. The smallest absolute Gasteiger partial charge is 0.183 e. The molecule has 1 N–H and O–H groups in total. The monoisotopic (exact) mass is 330 g/mol. The summed E-state index contributed by atoms with van der Waals surface area (Å²) in [6, 6.07) is 16.6. The first-order chi connectivity index (χ1) is 12.3. The Balaban J connectivity index is 1.63. The third-order valence-corrected chi connectivity index (χ3v) is 4.26. The highest BCUT2D eigenvalue weighted by atomic mass is 15.5. The molecule has 124 valence electrons. The first-order valence-corrected chi connectivity index (χ1v) is 8.20. The first kappa shape index (κ1) is 15.4. The van der Waals surface area contributed by atoms with Crippen LogP contribution in [0.3, 0.4) is 0 Å². The summed E-state index contributed by atoms with van der Waals surface area (Å²) >= 11 is 0. The van der Waals surface area contributed by atoms with Gasteiger partial charge in [0.15, 0.2) is 5.65 Å². The van der Waals surface area contributed by atoms with Crippen LogP contribution in [-0.2, 0) is 6.54 Å². The predicted octanol–water partition coefficient (Wildman–Crippen LogP) is 3.04. The summed E-state index contributed by atoms with van der Waals surface area (Å²) in [5.74, 6) is 0. The number of tetrazole rings is 1. The fourth-order valence-corrected chi connectivity index (χ4v) is 2.84. The molecule has 0 aliphatic heterocycles. The summed E-state index contributed by atoms with van der Waals surface area (Å²) in [4.78, 5) is 4.18. The number of rotatable bonds is 5. The van der Waals surface area contributed by atoms with Gasteiger partial charge in [-0.3, -0.25) is 4.98 Å². The van der Waals surface area contributed by atoms with Gasteiger partial charge in [-0.05, 0) is 40.6 Å². The number of fused-ring (bicyclic) bond motifs is 1. The quantitative estimate of drug-likeness (QED) is 0.609. The van der Waals surface area contributed by atoms with Gasteiger partial charge in [0.2, 0.25) is 0 Å². The van der Waals surface area contributed by atoms with E-state index in [9.17, 15) is 0 Å². The van der Waals surface area contributed by atoms with Crippen LogP contribution in [0.4, 0.5) is 0 Å². The van der Waals surface area contributed by atoms with Crippen molar-refractivity contribution >= 4 is 5.65 Å². The standard InChI is InChI=1S/C19H18N6/c1-14(16-8-5-9-20-11-16)21-12-17-10-18(15-6-3-2-4-7-15)13-25-19(17)22-23-24-25/h2-11,13-14,21H,12H2,1H3/t14-/m0/s1. The molecule has 6 heteroatoms. The Labute approximate surface area is 145 Å². The van der Waals surface area contributed by atoms with Crippen molar-refractivity contribution in [1.29, 1.82) is 0 Å². The molecule has 3 aromatic heterocycles. The molecule has 0 spiro atoms. The maximum absolute atomic E-state index is 4.18. The molecule has 0 bridgehead atoms. The highest BCUT2D eigenvalue weighted by Gasteiger charge is 2.11. The lowest BCUT2D eigenvalue weighted by Crippen LogP contribution is -2.18. The van der Waals surface area contributed by atoms with E-state index in [0.29, 0.717) is 6.54 Å². The normalized spacial score (nSPS) is 12.4. The Morgan fingerprint density at radius 3 is 2.76 bits per heavy atom. The number of nitrogens with zero attached hydrogens (tertiary/aromatic N) is 5. The van der Waals surface area contributed by atoms with E-state index in [2.05, 4.69) is 57.0 Å². The zero-order valence-electron chi connectivity index (χ0n) is 13.9. The number of aromatic nitrogens is 5. The van der Waals surface area contributed by atoms with Crippen molar-refractivity contribution in [2.24, 2.45) is 0 Å². The van der Waals surface area contributed by atoms with E-state index >= 15 is 0 Å². The van der Waals surface area contributed by atoms with Crippen LogP contribution in [0.15, 0.2) is 67.1 Å². The molecule has 0 aliphatic carbocycles. The van der Waals surface area contributed by atoms with Crippen LogP contribution in [0.2, 0.25) is 0 Å². The summed E-state index contributed by atoms with van der Waals surface area (Å²) in [7, 11) is 0. The van der Waals surface area contributed by atoms with Gasteiger partial charge in [0.05, 0.1) is 0 Å². The summed E-state index contributed by atoms with van der Waals surface area (Å²) < 4.78 is 1.73. The molecule has 1 atom stereocenters. The average Bonchev–Trinajstić information content (AvgIpc) is 3.16. The third-order valence-electron chi connectivity index (χ3n) is 4.26. The van der Waals surface area contributed by atoms with E-state index in [0.717, 1.165) is 27.9 Å². The van der Waals surface area contributed by atoms with E-state index in [1.807, 2.05) is 36.7 Å². The van der Waals surface area contributed by atoms with Crippen LogP contribution < -0.4 is 5.32 Å². The summed E-state index contributed by atoms with van der Waals surface area (Å²) in [5.41, 5.74) is 5.21.